The molecule has 0 N–H and O–H groups in total. The second kappa shape index (κ2) is 14.7. The second-order valence-corrected chi connectivity index (χ2v) is 43.5. The molecule has 48 heavy (non-hydrogen) atoms. The van der Waals surface area contributed by atoms with Crippen molar-refractivity contribution in [3.63, 3.8) is 0 Å². The molecule has 0 aliphatic carbocycles. The summed E-state index contributed by atoms with van der Waals surface area (Å²) in [6.45, 7) is 39.4. The maximum Gasteiger partial charge on any atom is 0.0776 e. The molecular weight excluding hydrogens is 679 g/mol. The zero-order chi connectivity index (χ0) is 36.0. The molecule has 0 aliphatic heterocycles. The van der Waals surface area contributed by atoms with E-state index in [1.54, 1.807) is 42.0 Å². The summed E-state index contributed by atoms with van der Waals surface area (Å²) in [6, 6.07) is 30.6. The van der Waals surface area contributed by atoms with E-state index in [1.165, 1.54) is 34.6 Å². The van der Waals surface area contributed by atoms with Crippen LogP contribution in [0.1, 0.15) is 22.3 Å². The number of benzene rings is 4. The Morgan fingerprint density at radius 2 is 0.500 bits per heavy atom. The van der Waals surface area contributed by atoms with E-state index < -0.39 is 48.1 Å². The Kier molecular flexibility index (Phi) is 12.1. The Labute approximate surface area is 302 Å². The van der Waals surface area contributed by atoms with Gasteiger partial charge in [0, 0.05) is 0 Å². The first-order valence-electron chi connectivity index (χ1n) is 18.0. The minimum absolute atomic E-state index is 0.521. The van der Waals surface area contributed by atoms with Crippen molar-refractivity contribution in [2.45, 2.75) is 106 Å². The third-order valence-electron chi connectivity index (χ3n) is 9.51. The molecule has 0 saturated carbocycles. The second-order valence-electron chi connectivity index (χ2n) is 18.5. The summed E-state index contributed by atoms with van der Waals surface area (Å²) in [4.78, 5) is 0. The lowest BCUT2D eigenvalue weighted by Crippen LogP contribution is -2.41. The van der Waals surface area contributed by atoms with Crippen molar-refractivity contribution < 1.29 is 0 Å². The van der Waals surface area contributed by atoms with Crippen molar-refractivity contribution >= 4 is 90.1 Å². The molecule has 4 aromatic rings. The molecule has 0 atom stereocenters. The molecular formula is C42H64P2Si4. The third-order valence-corrected chi connectivity index (χ3v) is 22.8. The largest absolute Gasteiger partial charge is 0.0776 e. The van der Waals surface area contributed by atoms with Crippen LogP contribution < -0.4 is 42.0 Å². The standard InChI is InChI=1S/C42H64P2Si4/c1-31-19-35(27-39(23-31)45(5,6)7)43(36-20-32(2)24-40(28-36)46(8,9)10)17-18-44(37-21-33(3)25-41(29-37)47(11,12)13)38-22-34(4)26-42(30-38)48(14,15)16/h19-30H,17-18H2,1-16H3. The number of rotatable bonds is 11. The molecule has 0 heterocycles. The summed E-state index contributed by atoms with van der Waals surface area (Å²) in [5.74, 6) is 0. The first-order chi connectivity index (χ1) is 21.9. The fourth-order valence-electron chi connectivity index (χ4n) is 6.42. The van der Waals surface area contributed by atoms with E-state index in [9.17, 15) is 0 Å². The normalized spacial score (nSPS) is 13.1. The van der Waals surface area contributed by atoms with Crippen LogP contribution in [-0.2, 0) is 0 Å². The van der Waals surface area contributed by atoms with Gasteiger partial charge >= 0.3 is 0 Å². The van der Waals surface area contributed by atoms with Gasteiger partial charge < -0.3 is 0 Å². The van der Waals surface area contributed by atoms with Gasteiger partial charge in [-0.15, -0.1) is 0 Å². The van der Waals surface area contributed by atoms with Crippen molar-refractivity contribution in [3.8, 4) is 0 Å². The molecule has 4 rings (SSSR count). The average Bonchev–Trinajstić information content (AvgIpc) is 2.92. The van der Waals surface area contributed by atoms with Gasteiger partial charge in [-0.3, -0.25) is 0 Å². The lowest BCUT2D eigenvalue weighted by molar-refractivity contribution is 1.46. The summed E-state index contributed by atoms with van der Waals surface area (Å²) in [6.07, 6.45) is 2.44. The van der Waals surface area contributed by atoms with Crippen LogP contribution in [-0.4, -0.2) is 44.6 Å². The van der Waals surface area contributed by atoms with Gasteiger partial charge in [-0.05, 0) is 77.1 Å². The molecule has 0 amide bonds. The SMILES string of the molecule is Cc1cc(P(CCP(c2cc(C)cc([Si](C)(C)C)c2)c2cc(C)cc([Si](C)(C)C)c2)c2cc(C)cc([Si](C)(C)C)c2)cc([Si](C)(C)C)c1. The molecule has 0 nitrogen and oxygen atoms in total. The van der Waals surface area contributed by atoms with E-state index >= 15 is 0 Å². The van der Waals surface area contributed by atoms with Crippen LogP contribution in [0.25, 0.3) is 0 Å². The minimum Gasteiger partial charge on any atom is -0.0656 e. The van der Waals surface area contributed by atoms with Crippen molar-refractivity contribution in [2.75, 3.05) is 12.3 Å². The Morgan fingerprint density at radius 3 is 0.667 bits per heavy atom. The van der Waals surface area contributed by atoms with Crippen molar-refractivity contribution in [1.82, 2.24) is 0 Å². The molecule has 0 spiro atoms. The number of hydrogen-bond acceptors (Lipinski definition) is 0. The lowest BCUT2D eigenvalue weighted by Gasteiger charge is -2.29. The number of hydrogen-bond donors (Lipinski definition) is 0. The van der Waals surface area contributed by atoms with Gasteiger partial charge in [0.2, 0.25) is 0 Å². The Bertz CT molecular complexity index is 1510. The molecule has 0 fully saturated rings. The van der Waals surface area contributed by atoms with E-state index in [2.05, 4.69) is 179 Å². The fraction of sp³-hybridized carbons (Fsp3) is 0.429. The van der Waals surface area contributed by atoms with Crippen LogP contribution in [0.2, 0.25) is 78.6 Å². The Morgan fingerprint density at radius 1 is 0.312 bits per heavy atom. The van der Waals surface area contributed by atoms with E-state index in [0.717, 1.165) is 0 Å². The maximum absolute atomic E-state index is 2.63. The summed E-state index contributed by atoms with van der Waals surface area (Å²) < 4.78 is 0. The van der Waals surface area contributed by atoms with Crippen LogP contribution in [0.4, 0.5) is 0 Å². The summed E-state index contributed by atoms with van der Waals surface area (Å²) in [5, 5.41) is 12.7. The molecule has 0 aromatic heterocycles. The van der Waals surface area contributed by atoms with Gasteiger partial charge in [0.1, 0.15) is 0 Å². The highest BCUT2D eigenvalue weighted by Gasteiger charge is 2.27. The van der Waals surface area contributed by atoms with E-state index in [-0.39, 0.29) is 0 Å². The smallest absolute Gasteiger partial charge is 0.0656 e. The van der Waals surface area contributed by atoms with Crippen LogP contribution in [0, 0.1) is 27.7 Å². The quantitative estimate of drug-likeness (QED) is 0.107. The zero-order valence-electron chi connectivity index (χ0n) is 33.2. The monoisotopic (exact) mass is 742 g/mol. The Hall–Kier alpha value is -1.39. The van der Waals surface area contributed by atoms with Crippen LogP contribution in [0.5, 0.6) is 0 Å². The van der Waals surface area contributed by atoms with Crippen LogP contribution in [0.15, 0.2) is 72.8 Å². The van der Waals surface area contributed by atoms with E-state index in [0.29, 0.717) is 0 Å². The van der Waals surface area contributed by atoms with Gasteiger partial charge in [0.15, 0.2) is 0 Å². The zero-order valence-corrected chi connectivity index (χ0v) is 39.0. The fourth-order valence-corrected chi connectivity index (χ4v) is 17.8. The highest BCUT2D eigenvalue weighted by molar-refractivity contribution is 7.76. The first-order valence-corrected chi connectivity index (χ1v) is 35.0. The molecule has 0 unspecified atom stereocenters. The number of aryl methyl sites for hydroxylation is 4. The van der Waals surface area contributed by atoms with Crippen molar-refractivity contribution in [3.05, 3.63) is 95.1 Å². The first kappa shape index (κ1) is 39.4. The predicted molar refractivity (Wildman–Crippen MR) is 239 cm³/mol. The van der Waals surface area contributed by atoms with Gasteiger partial charge in [0.05, 0.1) is 32.3 Å². The molecule has 0 aliphatic rings. The molecule has 6 heteroatoms. The average molecular weight is 743 g/mol. The van der Waals surface area contributed by atoms with Crippen molar-refractivity contribution in [2.24, 2.45) is 0 Å². The van der Waals surface area contributed by atoms with Crippen molar-refractivity contribution in [1.29, 1.82) is 0 Å². The lowest BCUT2D eigenvalue weighted by atomic mass is 10.2. The van der Waals surface area contributed by atoms with E-state index in [1.807, 2.05) is 0 Å². The van der Waals surface area contributed by atoms with Gasteiger partial charge in [-0.1, -0.05) is 194 Å². The summed E-state index contributed by atoms with van der Waals surface area (Å²) in [7, 11) is -6.95. The molecule has 0 radical (unpaired) electrons. The van der Waals surface area contributed by atoms with Crippen LogP contribution in [0.3, 0.4) is 0 Å². The highest BCUT2D eigenvalue weighted by Crippen LogP contribution is 2.42. The van der Waals surface area contributed by atoms with Crippen LogP contribution >= 0.6 is 15.8 Å². The third kappa shape index (κ3) is 10.1. The topological polar surface area (TPSA) is 0 Å². The summed E-state index contributed by atoms with van der Waals surface area (Å²) >= 11 is 0. The Balaban J connectivity index is 1.95. The van der Waals surface area contributed by atoms with Gasteiger partial charge in [0.25, 0.3) is 0 Å². The molecule has 258 valence electrons. The molecule has 0 bridgehead atoms. The minimum atomic E-state index is -1.48. The maximum atomic E-state index is 2.63. The predicted octanol–water partition coefficient (Wildman–Crippen LogP) is 8.67. The van der Waals surface area contributed by atoms with Gasteiger partial charge in [-0.2, -0.15) is 0 Å². The summed E-state index contributed by atoms with van der Waals surface area (Å²) in [5.41, 5.74) is 5.70. The molecule has 4 aromatic carbocycles. The highest BCUT2D eigenvalue weighted by atomic mass is 31.1. The van der Waals surface area contributed by atoms with E-state index in [4.69, 9.17) is 0 Å². The van der Waals surface area contributed by atoms with Gasteiger partial charge in [-0.25, -0.2) is 0 Å². The molecule has 0 saturated heterocycles.